The minimum absolute atomic E-state index is 0.0483. The maximum atomic E-state index is 12.0. The summed E-state index contributed by atoms with van der Waals surface area (Å²) >= 11 is 0. The lowest BCUT2D eigenvalue weighted by Gasteiger charge is -2.11. The van der Waals surface area contributed by atoms with E-state index in [0.717, 1.165) is 0 Å². The van der Waals surface area contributed by atoms with Crippen molar-refractivity contribution in [3.63, 3.8) is 0 Å². The molecule has 1 rings (SSSR count). The van der Waals surface area contributed by atoms with Crippen LogP contribution in [0.3, 0.4) is 0 Å². The summed E-state index contributed by atoms with van der Waals surface area (Å²) in [7, 11) is -3.59. The number of nitrogens with one attached hydrogen (secondary N) is 2. The van der Waals surface area contributed by atoms with Gasteiger partial charge in [0.2, 0.25) is 10.0 Å². The molecule has 0 aliphatic rings. The van der Waals surface area contributed by atoms with Crippen LogP contribution in [-0.2, 0) is 10.0 Å². The van der Waals surface area contributed by atoms with Gasteiger partial charge in [-0.05, 0) is 31.5 Å². The van der Waals surface area contributed by atoms with Crippen molar-refractivity contribution < 1.29 is 18.3 Å². The number of carbonyl (C=O) groups is 1. The third kappa shape index (κ3) is 4.29. The lowest BCUT2D eigenvalue weighted by molar-refractivity contribution is 0.0923. The van der Waals surface area contributed by atoms with Gasteiger partial charge in [0, 0.05) is 18.7 Å². The molecular formula is C13H20N2O4S. The molecule has 0 saturated carbocycles. The second-order valence-electron chi connectivity index (χ2n) is 4.54. The fraction of sp³-hybridized carbons (Fsp3) is 0.462. The molecule has 3 N–H and O–H groups in total. The van der Waals surface area contributed by atoms with Gasteiger partial charge in [-0.3, -0.25) is 4.79 Å². The molecular weight excluding hydrogens is 280 g/mol. The summed E-state index contributed by atoms with van der Waals surface area (Å²) in [5, 5.41) is 11.7. The van der Waals surface area contributed by atoms with E-state index in [1.807, 2.05) is 0 Å². The fourth-order valence-corrected chi connectivity index (χ4v) is 2.69. The van der Waals surface area contributed by atoms with Crippen molar-refractivity contribution in [1.82, 2.24) is 10.0 Å². The Kier molecular flexibility index (Phi) is 5.67. The zero-order valence-corrected chi connectivity index (χ0v) is 12.6. The molecule has 1 unspecified atom stereocenters. The highest BCUT2D eigenvalue weighted by molar-refractivity contribution is 7.89. The molecule has 0 radical (unpaired) electrons. The first-order valence-corrected chi connectivity index (χ1v) is 7.82. The van der Waals surface area contributed by atoms with Crippen molar-refractivity contribution in [1.29, 1.82) is 0 Å². The lowest BCUT2D eigenvalue weighted by atomic mass is 10.1. The number of hydrogen-bond acceptors (Lipinski definition) is 4. The molecule has 0 spiro atoms. The highest BCUT2D eigenvalue weighted by Gasteiger charge is 2.17. The molecule has 0 saturated heterocycles. The van der Waals surface area contributed by atoms with E-state index in [1.165, 1.54) is 12.1 Å². The standard InChI is InChI=1S/C13H20N2O4S/c1-4-15-20(18,19)11-6-5-9(2)12(7-11)13(17)14-8-10(3)16/h5-7,10,15-16H,4,8H2,1-3H3,(H,14,17). The largest absolute Gasteiger partial charge is 0.392 e. The van der Waals surface area contributed by atoms with E-state index in [0.29, 0.717) is 5.56 Å². The highest BCUT2D eigenvalue weighted by atomic mass is 32.2. The monoisotopic (exact) mass is 300 g/mol. The first kappa shape index (κ1) is 16.6. The quantitative estimate of drug-likeness (QED) is 0.709. The molecule has 7 heteroatoms. The van der Waals surface area contributed by atoms with Crippen molar-refractivity contribution in [2.45, 2.75) is 31.8 Å². The second kappa shape index (κ2) is 6.83. The first-order valence-electron chi connectivity index (χ1n) is 6.34. The zero-order chi connectivity index (χ0) is 15.3. The molecule has 20 heavy (non-hydrogen) atoms. The molecule has 0 aliphatic carbocycles. The highest BCUT2D eigenvalue weighted by Crippen LogP contribution is 2.15. The van der Waals surface area contributed by atoms with Crippen LogP contribution >= 0.6 is 0 Å². The number of amides is 1. The van der Waals surface area contributed by atoms with E-state index >= 15 is 0 Å². The van der Waals surface area contributed by atoms with Crippen LogP contribution in [0.2, 0.25) is 0 Å². The Labute approximate surface area is 119 Å². The number of aliphatic hydroxyl groups excluding tert-OH is 1. The maximum absolute atomic E-state index is 12.0. The summed E-state index contributed by atoms with van der Waals surface area (Å²) in [5.41, 5.74) is 0.952. The van der Waals surface area contributed by atoms with Gasteiger partial charge in [0.25, 0.3) is 5.91 Å². The average Bonchev–Trinajstić information content (AvgIpc) is 2.36. The molecule has 0 aromatic heterocycles. The fourth-order valence-electron chi connectivity index (χ4n) is 1.62. The SMILES string of the molecule is CCNS(=O)(=O)c1ccc(C)c(C(=O)NCC(C)O)c1. The molecule has 1 aromatic rings. The minimum Gasteiger partial charge on any atom is -0.392 e. The van der Waals surface area contributed by atoms with Crippen LogP contribution in [-0.4, -0.2) is 38.6 Å². The summed E-state index contributed by atoms with van der Waals surface area (Å²) in [6.07, 6.45) is -0.659. The average molecular weight is 300 g/mol. The van der Waals surface area contributed by atoms with Gasteiger partial charge >= 0.3 is 0 Å². The first-order chi connectivity index (χ1) is 9.27. The molecule has 1 amide bonds. The van der Waals surface area contributed by atoms with Crippen molar-refractivity contribution in [3.8, 4) is 0 Å². The van der Waals surface area contributed by atoms with Crippen LogP contribution in [0.25, 0.3) is 0 Å². The topological polar surface area (TPSA) is 95.5 Å². The van der Waals surface area contributed by atoms with Gasteiger partial charge in [0.1, 0.15) is 0 Å². The van der Waals surface area contributed by atoms with Crippen LogP contribution in [0.5, 0.6) is 0 Å². The Balaban J connectivity index is 3.06. The number of rotatable bonds is 6. The smallest absolute Gasteiger partial charge is 0.251 e. The molecule has 0 bridgehead atoms. The minimum atomic E-state index is -3.59. The van der Waals surface area contributed by atoms with E-state index in [4.69, 9.17) is 5.11 Å². The predicted octanol–water partition coefficient (Wildman–Crippen LogP) is 0.404. The number of benzene rings is 1. The molecule has 0 fully saturated rings. The third-order valence-corrected chi connectivity index (χ3v) is 4.20. The normalized spacial score (nSPS) is 13.0. The summed E-state index contributed by atoms with van der Waals surface area (Å²) in [6.45, 7) is 5.35. The van der Waals surface area contributed by atoms with Gasteiger partial charge in [0.15, 0.2) is 0 Å². The third-order valence-electron chi connectivity index (χ3n) is 2.66. The predicted molar refractivity (Wildman–Crippen MR) is 76.1 cm³/mol. The molecule has 0 aliphatic heterocycles. The Bertz CT molecular complexity index is 582. The lowest BCUT2D eigenvalue weighted by Crippen LogP contribution is -2.31. The van der Waals surface area contributed by atoms with Gasteiger partial charge in [-0.2, -0.15) is 0 Å². The number of hydrogen-bond donors (Lipinski definition) is 3. The second-order valence-corrected chi connectivity index (χ2v) is 6.30. The van der Waals surface area contributed by atoms with Crippen LogP contribution in [0, 0.1) is 6.92 Å². The van der Waals surface area contributed by atoms with Crippen LogP contribution in [0.15, 0.2) is 23.1 Å². The molecule has 0 heterocycles. The van der Waals surface area contributed by atoms with Crippen molar-refractivity contribution >= 4 is 15.9 Å². The Morgan fingerprint density at radius 3 is 2.60 bits per heavy atom. The Hall–Kier alpha value is -1.44. The van der Waals surface area contributed by atoms with Gasteiger partial charge < -0.3 is 10.4 Å². The summed E-state index contributed by atoms with van der Waals surface area (Å²) in [5.74, 6) is -0.406. The number of aryl methyl sites for hydroxylation is 1. The van der Waals surface area contributed by atoms with Crippen LogP contribution in [0.1, 0.15) is 29.8 Å². The van der Waals surface area contributed by atoms with E-state index in [1.54, 1.807) is 26.8 Å². The van der Waals surface area contributed by atoms with Gasteiger partial charge in [0.05, 0.1) is 11.0 Å². The van der Waals surface area contributed by atoms with Crippen molar-refractivity contribution in [2.75, 3.05) is 13.1 Å². The summed E-state index contributed by atoms with van der Waals surface area (Å²) < 4.78 is 26.2. The van der Waals surface area contributed by atoms with Crippen molar-refractivity contribution in [2.24, 2.45) is 0 Å². The Morgan fingerprint density at radius 1 is 1.40 bits per heavy atom. The van der Waals surface area contributed by atoms with E-state index in [9.17, 15) is 13.2 Å². The maximum Gasteiger partial charge on any atom is 0.251 e. The zero-order valence-electron chi connectivity index (χ0n) is 11.8. The molecule has 1 aromatic carbocycles. The Morgan fingerprint density at radius 2 is 2.05 bits per heavy atom. The molecule has 6 nitrogen and oxygen atoms in total. The van der Waals surface area contributed by atoms with E-state index in [2.05, 4.69) is 10.0 Å². The number of carbonyl (C=O) groups excluding carboxylic acids is 1. The van der Waals surface area contributed by atoms with Gasteiger partial charge in [-0.1, -0.05) is 13.0 Å². The molecule has 1 atom stereocenters. The van der Waals surface area contributed by atoms with Crippen LogP contribution in [0.4, 0.5) is 0 Å². The molecule has 112 valence electrons. The summed E-state index contributed by atoms with van der Waals surface area (Å²) in [6, 6.07) is 4.38. The summed E-state index contributed by atoms with van der Waals surface area (Å²) in [4.78, 5) is 12.0. The van der Waals surface area contributed by atoms with Gasteiger partial charge in [-0.15, -0.1) is 0 Å². The van der Waals surface area contributed by atoms with Crippen molar-refractivity contribution in [3.05, 3.63) is 29.3 Å². The van der Waals surface area contributed by atoms with Crippen LogP contribution < -0.4 is 10.0 Å². The van der Waals surface area contributed by atoms with E-state index in [-0.39, 0.29) is 23.5 Å². The van der Waals surface area contributed by atoms with Gasteiger partial charge in [-0.25, -0.2) is 13.1 Å². The number of aliphatic hydroxyl groups is 1. The van der Waals surface area contributed by atoms with E-state index < -0.39 is 22.0 Å². The number of sulfonamides is 1.